The highest BCUT2D eigenvalue weighted by Crippen LogP contribution is 2.21. The molecule has 1 aromatic heterocycles. The number of aromatic amines is 1. The number of fused-ring (bicyclic) bond motifs is 1. The van der Waals surface area contributed by atoms with Gasteiger partial charge in [-0.2, -0.15) is 0 Å². The Bertz CT molecular complexity index is 1990. The first-order valence-electron chi connectivity index (χ1n) is 18.5. The SMILES string of the molecule is C#CCN(Cc1ccc2nc(C)[nH]c(=O)c2c1)c1ccc(C(=O)N[C@@H](CCC(=O)N[C@H](CCC(=O)OC(C)(C)C)C(=O)OC(C)(C)C)C(=O)OC(C)(C)C)cc1. The van der Waals surface area contributed by atoms with Crippen LogP contribution in [0, 0.1) is 19.3 Å². The van der Waals surface area contributed by atoms with Crippen LogP contribution in [-0.4, -0.2) is 75.1 Å². The summed E-state index contributed by atoms with van der Waals surface area (Å²) in [6, 6.07) is 9.64. The van der Waals surface area contributed by atoms with Crippen LogP contribution in [0.2, 0.25) is 0 Å². The molecule has 0 bridgehead atoms. The molecule has 14 nitrogen and oxygen atoms in total. The van der Waals surface area contributed by atoms with Crippen molar-refractivity contribution in [3.8, 4) is 12.3 Å². The third-order valence-corrected chi connectivity index (χ3v) is 7.78. The van der Waals surface area contributed by atoms with E-state index in [1.54, 1.807) is 106 Å². The Hall–Kier alpha value is -5.71. The van der Waals surface area contributed by atoms with E-state index in [-0.39, 0.29) is 43.4 Å². The van der Waals surface area contributed by atoms with Crippen LogP contribution in [0.1, 0.15) is 110 Å². The standard InChI is InChI=1S/C42H55N5O9/c1-12-23-47(25-27-13-18-31-30(24-27)37(51)44-26(2)43-31)29-16-14-28(15-17-29)36(50)46-33(39(53)56-42(9,10)11)19-21-34(48)45-32(38(52)55-41(6,7)8)20-22-35(49)54-40(3,4)5/h1,13-18,24,32-33H,19-23,25H2,2-11H3,(H,45,48)(H,46,50)(H,43,44,51)/t32-,33+/m1/s1. The van der Waals surface area contributed by atoms with Gasteiger partial charge in [0.15, 0.2) is 0 Å². The first-order chi connectivity index (χ1) is 25.9. The number of aromatic nitrogens is 2. The third-order valence-electron chi connectivity index (χ3n) is 7.78. The fourth-order valence-corrected chi connectivity index (χ4v) is 5.48. The lowest BCUT2D eigenvalue weighted by atomic mass is 10.1. The molecule has 3 aromatic rings. The van der Waals surface area contributed by atoms with E-state index in [0.717, 1.165) is 5.56 Å². The minimum absolute atomic E-state index is 0.0736. The summed E-state index contributed by atoms with van der Waals surface area (Å²) in [6.45, 7) is 17.6. The molecule has 0 spiro atoms. The lowest BCUT2D eigenvalue weighted by Gasteiger charge is -2.26. The highest BCUT2D eigenvalue weighted by Gasteiger charge is 2.31. The van der Waals surface area contributed by atoms with Crippen LogP contribution < -0.4 is 21.1 Å². The van der Waals surface area contributed by atoms with Gasteiger partial charge in [-0.1, -0.05) is 12.0 Å². The van der Waals surface area contributed by atoms with E-state index in [2.05, 4.69) is 26.5 Å². The summed E-state index contributed by atoms with van der Waals surface area (Å²) in [7, 11) is 0. The number of terminal acetylenes is 1. The van der Waals surface area contributed by atoms with Gasteiger partial charge in [0.25, 0.3) is 11.5 Å². The van der Waals surface area contributed by atoms with Crippen molar-refractivity contribution in [2.24, 2.45) is 0 Å². The summed E-state index contributed by atoms with van der Waals surface area (Å²) >= 11 is 0. The van der Waals surface area contributed by atoms with Gasteiger partial charge in [-0.15, -0.1) is 6.42 Å². The van der Waals surface area contributed by atoms with E-state index >= 15 is 0 Å². The molecule has 0 radical (unpaired) electrons. The molecular weight excluding hydrogens is 718 g/mol. The number of benzene rings is 2. The maximum Gasteiger partial charge on any atom is 0.329 e. The van der Waals surface area contributed by atoms with Gasteiger partial charge in [0.05, 0.1) is 17.4 Å². The van der Waals surface area contributed by atoms with E-state index in [9.17, 15) is 28.8 Å². The number of hydrogen-bond acceptors (Lipinski definition) is 11. The maximum absolute atomic E-state index is 13.5. The van der Waals surface area contributed by atoms with Crippen LogP contribution in [0.5, 0.6) is 0 Å². The van der Waals surface area contributed by atoms with Crippen molar-refractivity contribution < 1.29 is 38.2 Å². The van der Waals surface area contributed by atoms with E-state index in [1.165, 1.54) is 0 Å². The summed E-state index contributed by atoms with van der Waals surface area (Å²) in [6.07, 6.45) is 5.03. The Morgan fingerprint density at radius 3 is 1.91 bits per heavy atom. The fraction of sp³-hybridized carbons (Fsp3) is 0.500. The number of carbonyl (C=O) groups excluding carboxylic acids is 5. The Kier molecular flexibility index (Phi) is 15.0. The first kappa shape index (κ1) is 44.7. The molecule has 0 aliphatic heterocycles. The lowest BCUT2D eigenvalue weighted by molar-refractivity contribution is -0.161. The molecule has 0 fully saturated rings. The normalized spacial score (nSPS) is 12.8. The Morgan fingerprint density at radius 2 is 1.36 bits per heavy atom. The number of H-pyrrole nitrogens is 1. The van der Waals surface area contributed by atoms with Gasteiger partial charge in [0.1, 0.15) is 34.7 Å². The highest BCUT2D eigenvalue weighted by molar-refractivity contribution is 5.97. The molecule has 0 aliphatic carbocycles. The van der Waals surface area contributed by atoms with Crippen molar-refractivity contribution in [3.63, 3.8) is 0 Å². The average Bonchev–Trinajstić information content (AvgIpc) is 3.06. The third kappa shape index (κ3) is 14.8. The number of amides is 2. The molecule has 0 saturated carbocycles. The molecule has 3 rings (SSSR count). The van der Waals surface area contributed by atoms with Crippen molar-refractivity contribution in [3.05, 3.63) is 69.8 Å². The van der Waals surface area contributed by atoms with Crippen molar-refractivity contribution in [2.75, 3.05) is 11.4 Å². The van der Waals surface area contributed by atoms with E-state index < -0.39 is 58.6 Å². The number of ether oxygens (including phenoxy) is 3. The topological polar surface area (TPSA) is 186 Å². The van der Waals surface area contributed by atoms with Crippen LogP contribution in [0.25, 0.3) is 10.9 Å². The molecular formula is C42H55N5O9. The maximum atomic E-state index is 13.5. The van der Waals surface area contributed by atoms with Crippen molar-refractivity contribution in [1.82, 2.24) is 20.6 Å². The van der Waals surface area contributed by atoms with Crippen molar-refractivity contribution in [1.29, 1.82) is 0 Å². The zero-order valence-electron chi connectivity index (χ0n) is 34.1. The van der Waals surface area contributed by atoms with Gasteiger partial charge in [-0.3, -0.25) is 19.2 Å². The second-order valence-electron chi connectivity index (χ2n) is 16.5. The summed E-state index contributed by atoms with van der Waals surface area (Å²) in [5.74, 6) is -0.0386. The first-order valence-corrected chi connectivity index (χ1v) is 18.5. The van der Waals surface area contributed by atoms with Crippen molar-refractivity contribution >= 4 is 46.3 Å². The number of carbonyl (C=O) groups is 5. The quantitative estimate of drug-likeness (QED) is 0.107. The zero-order chi connectivity index (χ0) is 42.0. The van der Waals surface area contributed by atoms with E-state index in [4.69, 9.17) is 20.6 Å². The van der Waals surface area contributed by atoms with Crippen LogP contribution in [0.15, 0.2) is 47.3 Å². The van der Waals surface area contributed by atoms with Gasteiger partial charge in [-0.25, -0.2) is 14.6 Å². The second kappa shape index (κ2) is 18.8. The number of esters is 3. The van der Waals surface area contributed by atoms with Crippen LogP contribution in [-0.2, 0) is 39.9 Å². The van der Waals surface area contributed by atoms with Gasteiger partial charge in [0, 0.05) is 30.6 Å². The monoisotopic (exact) mass is 773 g/mol. The molecule has 0 saturated heterocycles. The van der Waals surface area contributed by atoms with Crippen molar-refractivity contribution in [2.45, 2.75) is 130 Å². The molecule has 2 atom stereocenters. The number of rotatable bonds is 15. The zero-order valence-corrected chi connectivity index (χ0v) is 34.1. The smallest absolute Gasteiger partial charge is 0.329 e. The predicted molar refractivity (Wildman–Crippen MR) is 213 cm³/mol. The molecule has 0 unspecified atom stereocenters. The number of aryl methyl sites for hydroxylation is 1. The predicted octanol–water partition coefficient (Wildman–Crippen LogP) is 5.04. The molecule has 302 valence electrons. The Balaban J connectivity index is 1.74. The van der Waals surface area contributed by atoms with Gasteiger partial charge in [0.2, 0.25) is 5.91 Å². The number of nitrogens with one attached hydrogen (secondary N) is 3. The van der Waals surface area contributed by atoms with Crippen LogP contribution in [0.4, 0.5) is 5.69 Å². The Labute approximate surface area is 328 Å². The molecule has 14 heteroatoms. The number of nitrogens with zero attached hydrogens (tertiary/aromatic N) is 2. The number of anilines is 1. The van der Waals surface area contributed by atoms with Crippen LogP contribution in [0.3, 0.4) is 0 Å². The molecule has 2 aromatic carbocycles. The summed E-state index contributed by atoms with van der Waals surface area (Å²) in [4.78, 5) is 86.9. The molecule has 2 amide bonds. The fourth-order valence-electron chi connectivity index (χ4n) is 5.48. The van der Waals surface area contributed by atoms with E-state index in [1.807, 2.05) is 11.0 Å². The molecule has 56 heavy (non-hydrogen) atoms. The van der Waals surface area contributed by atoms with Gasteiger partial charge >= 0.3 is 17.9 Å². The van der Waals surface area contributed by atoms with Gasteiger partial charge in [-0.05, 0) is 124 Å². The van der Waals surface area contributed by atoms with Crippen LogP contribution >= 0.6 is 0 Å². The molecule has 0 aliphatic rings. The minimum Gasteiger partial charge on any atom is -0.460 e. The average molecular weight is 774 g/mol. The second-order valence-corrected chi connectivity index (χ2v) is 16.5. The molecule has 3 N–H and O–H groups in total. The van der Waals surface area contributed by atoms with Gasteiger partial charge < -0.3 is 34.7 Å². The highest BCUT2D eigenvalue weighted by atomic mass is 16.6. The lowest BCUT2D eigenvalue weighted by Crippen LogP contribution is -2.47. The van der Waals surface area contributed by atoms with E-state index in [0.29, 0.717) is 29.0 Å². The summed E-state index contributed by atoms with van der Waals surface area (Å²) in [5, 5.41) is 5.76. The summed E-state index contributed by atoms with van der Waals surface area (Å²) in [5.41, 5.74) is -0.352. The molecule has 1 heterocycles. The minimum atomic E-state index is -1.22. The Morgan fingerprint density at radius 1 is 0.804 bits per heavy atom. The number of hydrogen-bond donors (Lipinski definition) is 3. The largest absolute Gasteiger partial charge is 0.460 e. The summed E-state index contributed by atoms with van der Waals surface area (Å²) < 4.78 is 16.4.